The van der Waals surface area contributed by atoms with Crippen LogP contribution in [0.3, 0.4) is 0 Å². The number of nitrogens with two attached hydrogens (primary N) is 1. The van der Waals surface area contributed by atoms with Crippen LogP contribution in [0.4, 0.5) is 4.79 Å². The molecule has 0 radical (unpaired) electrons. The van der Waals surface area contributed by atoms with Gasteiger partial charge in [0.05, 0.1) is 4.99 Å². The number of carbonyl (C=O) groups is 3. The summed E-state index contributed by atoms with van der Waals surface area (Å²) in [6.45, 7) is -0.287. The van der Waals surface area contributed by atoms with E-state index in [2.05, 4.69) is 10.1 Å². The Morgan fingerprint density at radius 1 is 1.41 bits per heavy atom. The summed E-state index contributed by atoms with van der Waals surface area (Å²) in [5.41, 5.74) is 5.76. The standard InChI is InChI=1S/C17H15Cl2N3O5S2/c18-9-1-2-10(19)7(3-9)4-11(28)21-12-14(23)22-13(16(24)25)8(5-27-17(20)26)6-29-15(12)22/h1-3,12,15H,4-6H2,(H2,20,26)(H,21,28)(H,24,25)/t12?,15-/m0/s1. The number of carbonyl (C=O) groups excluding carboxylic acids is 2. The normalized spacial score (nSPS) is 20.6. The predicted molar refractivity (Wildman–Crippen MR) is 113 cm³/mol. The molecular formula is C17H15Cl2N3O5S2. The van der Waals surface area contributed by atoms with Crippen LogP contribution in [-0.4, -0.2) is 56.7 Å². The van der Waals surface area contributed by atoms with E-state index in [9.17, 15) is 19.5 Å². The molecule has 0 aliphatic carbocycles. The van der Waals surface area contributed by atoms with Crippen LogP contribution in [0.15, 0.2) is 29.5 Å². The molecule has 3 rings (SSSR count). The molecule has 1 aromatic rings. The van der Waals surface area contributed by atoms with Crippen LogP contribution in [-0.2, 0) is 20.7 Å². The zero-order valence-corrected chi connectivity index (χ0v) is 17.8. The number of β-lactam (4-membered cyclic amide) rings is 1. The molecule has 12 heteroatoms. The Labute approximate surface area is 185 Å². The van der Waals surface area contributed by atoms with Crippen LogP contribution in [0, 0.1) is 0 Å². The number of primary amides is 1. The molecule has 1 aromatic carbocycles. The number of halogens is 2. The molecule has 0 aromatic heterocycles. The first-order valence-electron chi connectivity index (χ1n) is 8.24. The predicted octanol–water partition coefficient (Wildman–Crippen LogP) is 2.17. The van der Waals surface area contributed by atoms with Crippen LogP contribution in [0.25, 0.3) is 0 Å². The summed E-state index contributed by atoms with van der Waals surface area (Å²) in [4.78, 5) is 36.7. The number of aliphatic carboxylic acids is 1. The summed E-state index contributed by atoms with van der Waals surface area (Å²) >= 11 is 18.8. The van der Waals surface area contributed by atoms with Gasteiger partial charge in [-0.05, 0) is 23.8 Å². The Bertz CT molecular complexity index is 940. The van der Waals surface area contributed by atoms with Crippen molar-refractivity contribution in [2.45, 2.75) is 17.8 Å². The van der Waals surface area contributed by atoms with Gasteiger partial charge >= 0.3 is 12.1 Å². The van der Waals surface area contributed by atoms with Gasteiger partial charge in [0, 0.05) is 27.8 Å². The Morgan fingerprint density at radius 3 is 2.79 bits per heavy atom. The summed E-state index contributed by atoms with van der Waals surface area (Å²) in [7, 11) is 0. The Hall–Kier alpha value is -2.01. The minimum absolute atomic E-state index is 0.193. The van der Waals surface area contributed by atoms with Crippen molar-refractivity contribution in [3.63, 3.8) is 0 Å². The molecule has 4 N–H and O–H groups in total. The van der Waals surface area contributed by atoms with E-state index in [0.29, 0.717) is 26.2 Å². The van der Waals surface area contributed by atoms with E-state index in [1.54, 1.807) is 18.2 Å². The van der Waals surface area contributed by atoms with Gasteiger partial charge in [-0.1, -0.05) is 35.4 Å². The van der Waals surface area contributed by atoms with Crippen molar-refractivity contribution in [2.75, 3.05) is 12.4 Å². The molecule has 0 spiro atoms. The van der Waals surface area contributed by atoms with E-state index >= 15 is 0 Å². The van der Waals surface area contributed by atoms with Crippen LogP contribution in [0.5, 0.6) is 0 Å². The van der Waals surface area contributed by atoms with Gasteiger partial charge in [-0.15, -0.1) is 11.8 Å². The smallest absolute Gasteiger partial charge is 0.404 e. The minimum Gasteiger partial charge on any atom is -0.477 e. The van der Waals surface area contributed by atoms with E-state index in [1.165, 1.54) is 16.7 Å². The number of thioether (sulfide) groups is 1. The number of ether oxygens (including phenoxy) is 1. The molecule has 1 unspecified atom stereocenters. The van der Waals surface area contributed by atoms with Gasteiger partial charge in [0.2, 0.25) is 0 Å². The number of fused-ring (bicyclic) bond motifs is 1. The van der Waals surface area contributed by atoms with Gasteiger partial charge in [-0.2, -0.15) is 0 Å². The highest BCUT2D eigenvalue weighted by Gasteiger charge is 2.53. The number of amides is 2. The summed E-state index contributed by atoms with van der Waals surface area (Å²) in [5, 5.41) is 13.1. The van der Waals surface area contributed by atoms with Crippen molar-refractivity contribution in [3.05, 3.63) is 45.1 Å². The summed E-state index contributed by atoms with van der Waals surface area (Å²) < 4.78 is 4.69. The first-order chi connectivity index (χ1) is 13.7. The van der Waals surface area contributed by atoms with E-state index < -0.39 is 29.4 Å². The highest BCUT2D eigenvalue weighted by molar-refractivity contribution is 8.00. The molecule has 2 heterocycles. The van der Waals surface area contributed by atoms with Crippen molar-refractivity contribution >= 4 is 70.1 Å². The van der Waals surface area contributed by atoms with Crippen LogP contribution < -0.4 is 11.1 Å². The maximum Gasteiger partial charge on any atom is 0.404 e. The lowest BCUT2D eigenvalue weighted by Gasteiger charge is -2.49. The van der Waals surface area contributed by atoms with Crippen molar-refractivity contribution < 1.29 is 24.2 Å². The van der Waals surface area contributed by atoms with Crippen LogP contribution >= 0.6 is 47.2 Å². The molecule has 2 amide bonds. The summed E-state index contributed by atoms with van der Waals surface area (Å²) in [6, 6.07) is 4.35. The van der Waals surface area contributed by atoms with Gasteiger partial charge in [0.15, 0.2) is 0 Å². The largest absolute Gasteiger partial charge is 0.477 e. The van der Waals surface area contributed by atoms with E-state index in [4.69, 9.17) is 41.2 Å². The zero-order chi connectivity index (χ0) is 21.3. The number of hydrogen-bond acceptors (Lipinski definition) is 6. The van der Waals surface area contributed by atoms with Gasteiger partial charge in [0.1, 0.15) is 23.7 Å². The van der Waals surface area contributed by atoms with Crippen molar-refractivity contribution in [2.24, 2.45) is 5.73 Å². The third-order valence-electron chi connectivity index (χ3n) is 4.31. The Balaban J connectivity index is 1.70. The topological polar surface area (TPSA) is 122 Å². The second-order valence-corrected chi connectivity index (χ2v) is 8.67. The van der Waals surface area contributed by atoms with E-state index in [0.717, 1.165) is 0 Å². The number of thiocarbonyl (C=S) groups is 1. The molecule has 8 nitrogen and oxygen atoms in total. The molecule has 29 heavy (non-hydrogen) atoms. The maximum atomic E-state index is 12.6. The first kappa shape index (κ1) is 21.7. The first-order valence-corrected chi connectivity index (χ1v) is 10.5. The number of nitrogens with zero attached hydrogens (tertiary/aromatic N) is 1. The Morgan fingerprint density at radius 2 is 2.14 bits per heavy atom. The number of hydrogen-bond donors (Lipinski definition) is 3. The zero-order valence-electron chi connectivity index (χ0n) is 14.7. The number of carboxylic acid groups (broad SMARTS) is 1. The van der Waals surface area contributed by atoms with Gasteiger partial charge in [-0.25, -0.2) is 9.59 Å². The molecule has 2 aliphatic rings. The molecule has 1 fully saturated rings. The average molecular weight is 476 g/mol. The lowest BCUT2D eigenvalue weighted by molar-refractivity contribution is -0.148. The SMILES string of the molecule is NC(=O)OCC1=C(C(=O)O)N2C(=O)C(NC(=S)Cc3cc(Cl)ccc3Cl)[C@@H]2SC1. The number of benzene rings is 1. The number of nitrogens with one attached hydrogen (secondary N) is 1. The Kier molecular flexibility index (Phi) is 6.57. The molecule has 0 saturated carbocycles. The van der Waals surface area contributed by atoms with Gasteiger partial charge in [-0.3, -0.25) is 9.69 Å². The second kappa shape index (κ2) is 8.78. The summed E-state index contributed by atoms with van der Waals surface area (Å²) in [5.74, 6) is -1.44. The maximum absolute atomic E-state index is 12.6. The third-order valence-corrected chi connectivity index (χ3v) is 6.52. The molecule has 0 bridgehead atoms. The highest BCUT2D eigenvalue weighted by atomic mass is 35.5. The summed E-state index contributed by atoms with van der Waals surface area (Å²) in [6.07, 6.45) is -0.733. The third kappa shape index (κ3) is 4.61. The van der Waals surface area contributed by atoms with Crippen molar-refractivity contribution in [3.8, 4) is 0 Å². The quantitative estimate of drug-likeness (QED) is 0.422. The number of carboxylic acids is 1. The molecule has 2 aliphatic heterocycles. The van der Waals surface area contributed by atoms with Crippen LogP contribution in [0.1, 0.15) is 5.56 Å². The van der Waals surface area contributed by atoms with E-state index in [-0.39, 0.29) is 24.5 Å². The molecule has 2 atom stereocenters. The van der Waals surface area contributed by atoms with Gasteiger partial charge in [0.25, 0.3) is 5.91 Å². The van der Waals surface area contributed by atoms with Crippen molar-refractivity contribution in [1.82, 2.24) is 10.2 Å². The van der Waals surface area contributed by atoms with Crippen molar-refractivity contribution in [1.29, 1.82) is 0 Å². The lowest BCUT2D eigenvalue weighted by Crippen LogP contribution is -2.70. The molecule has 154 valence electrons. The monoisotopic (exact) mass is 475 g/mol. The second-order valence-electron chi connectivity index (χ2n) is 6.23. The fraction of sp³-hybridized carbons (Fsp3) is 0.294. The average Bonchev–Trinajstić information content (AvgIpc) is 2.66. The van der Waals surface area contributed by atoms with Gasteiger partial charge < -0.3 is 20.9 Å². The minimum atomic E-state index is -1.28. The highest BCUT2D eigenvalue weighted by Crippen LogP contribution is 2.40. The lowest BCUT2D eigenvalue weighted by atomic mass is 10.0. The fourth-order valence-electron chi connectivity index (χ4n) is 3.03. The van der Waals surface area contributed by atoms with Crippen LogP contribution in [0.2, 0.25) is 10.0 Å². The molecular weight excluding hydrogens is 461 g/mol. The number of rotatable bonds is 6. The molecule has 1 saturated heterocycles. The van der Waals surface area contributed by atoms with E-state index in [1.807, 2.05) is 0 Å². The fourth-order valence-corrected chi connectivity index (χ4v) is 5.02.